The first-order chi connectivity index (χ1) is 13.5. The molecular formula is C20H15ClF2N2O3. The lowest BCUT2D eigenvalue weighted by Crippen LogP contribution is -2.20. The standard InChI is InChI=1S/C20H15ClF2N2O3/c1-27-16-5-2-11(9-17(16)28-20(22)23)8-12-6-7-25-18(12)24-15-10-13(21)3-4-14(15)19(25)26/h2-5,8-10,20H,6-7H2,1H3/b12-8+. The smallest absolute Gasteiger partial charge is 0.387 e. The van der Waals surface area contributed by atoms with Gasteiger partial charge in [-0.05, 0) is 54.0 Å². The van der Waals surface area contributed by atoms with Gasteiger partial charge in [-0.25, -0.2) is 4.98 Å². The van der Waals surface area contributed by atoms with E-state index < -0.39 is 6.61 Å². The quantitative estimate of drug-likeness (QED) is 0.637. The van der Waals surface area contributed by atoms with Crippen molar-refractivity contribution < 1.29 is 18.3 Å². The number of halogens is 3. The molecular weight excluding hydrogens is 390 g/mol. The van der Waals surface area contributed by atoms with Crippen LogP contribution in [0.15, 0.2) is 41.2 Å². The number of nitrogens with zero attached hydrogens (tertiary/aromatic N) is 2. The largest absolute Gasteiger partial charge is 0.493 e. The lowest BCUT2D eigenvalue weighted by molar-refractivity contribution is -0.0512. The summed E-state index contributed by atoms with van der Waals surface area (Å²) in [7, 11) is 1.38. The number of hydrogen-bond donors (Lipinski definition) is 0. The fourth-order valence-corrected chi connectivity index (χ4v) is 3.47. The summed E-state index contributed by atoms with van der Waals surface area (Å²) in [5.41, 5.74) is 1.86. The van der Waals surface area contributed by atoms with Crippen LogP contribution in [0.5, 0.6) is 11.5 Å². The maximum absolute atomic E-state index is 12.7. The van der Waals surface area contributed by atoms with Gasteiger partial charge >= 0.3 is 6.61 Å². The molecule has 2 heterocycles. The van der Waals surface area contributed by atoms with Crippen LogP contribution in [-0.2, 0) is 6.54 Å². The highest BCUT2D eigenvalue weighted by Crippen LogP contribution is 2.33. The van der Waals surface area contributed by atoms with Crippen molar-refractivity contribution in [2.75, 3.05) is 7.11 Å². The first-order valence-corrected chi connectivity index (χ1v) is 8.88. The molecule has 0 unspecified atom stereocenters. The van der Waals surface area contributed by atoms with E-state index in [0.717, 1.165) is 5.57 Å². The summed E-state index contributed by atoms with van der Waals surface area (Å²) in [5.74, 6) is 0.705. The molecule has 0 fully saturated rings. The minimum Gasteiger partial charge on any atom is -0.493 e. The highest BCUT2D eigenvalue weighted by Gasteiger charge is 2.21. The van der Waals surface area contributed by atoms with Gasteiger partial charge in [-0.15, -0.1) is 0 Å². The molecule has 1 aliphatic heterocycles. The second-order valence-electron chi connectivity index (χ2n) is 6.26. The molecule has 5 nitrogen and oxygen atoms in total. The summed E-state index contributed by atoms with van der Waals surface area (Å²) >= 11 is 6.03. The van der Waals surface area contributed by atoms with E-state index in [-0.39, 0.29) is 17.1 Å². The van der Waals surface area contributed by atoms with Crippen molar-refractivity contribution in [3.05, 3.63) is 63.2 Å². The molecule has 0 bridgehead atoms. The number of hydrogen-bond acceptors (Lipinski definition) is 4. The normalized spacial score (nSPS) is 14.7. The van der Waals surface area contributed by atoms with Gasteiger partial charge in [0.25, 0.3) is 5.56 Å². The first kappa shape index (κ1) is 18.4. The van der Waals surface area contributed by atoms with Crippen LogP contribution in [-0.4, -0.2) is 23.3 Å². The zero-order valence-corrected chi connectivity index (χ0v) is 15.5. The van der Waals surface area contributed by atoms with Gasteiger partial charge in [-0.1, -0.05) is 17.7 Å². The van der Waals surface area contributed by atoms with Crippen LogP contribution in [0.3, 0.4) is 0 Å². The Balaban J connectivity index is 1.80. The van der Waals surface area contributed by atoms with E-state index in [1.165, 1.54) is 13.2 Å². The summed E-state index contributed by atoms with van der Waals surface area (Å²) in [6.45, 7) is -2.46. The summed E-state index contributed by atoms with van der Waals surface area (Å²) in [6.07, 6.45) is 2.41. The lowest BCUT2D eigenvalue weighted by atomic mass is 10.1. The summed E-state index contributed by atoms with van der Waals surface area (Å²) in [4.78, 5) is 17.3. The van der Waals surface area contributed by atoms with Crippen LogP contribution in [0, 0.1) is 0 Å². The molecule has 2 aromatic carbocycles. The zero-order valence-electron chi connectivity index (χ0n) is 14.8. The molecule has 144 valence electrons. The van der Waals surface area contributed by atoms with Crippen molar-refractivity contribution in [3.8, 4) is 11.5 Å². The third-order valence-electron chi connectivity index (χ3n) is 4.55. The topological polar surface area (TPSA) is 53.4 Å². The van der Waals surface area contributed by atoms with Crippen molar-refractivity contribution in [3.63, 3.8) is 0 Å². The van der Waals surface area contributed by atoms with E-state index in [9.17, 15) is 13.6 Å². The molecule has 0 N–H and O–H groups in total. The van der Waals surface area contributed by atoms with Crippen molar-refractivity contribution in [1.29, 1.82) is 0 Å². The number of ether oxygens (including phenoxy) is 2. The van der Waals surface area contributed by atoms with E-state index in [1.54, 1.807) is 41.0 Å². The van der Waals surface area contributed by atoms with Gasteiger partial charge in [0.15, 0.2) is 11.5 Å². The number of alkyl halides is 2. The first-order valence-electron chi connectivity index (χ1n) is 8.50. The van der Waals surface area contributed by atoms with E-state index in [2.05, 4.69) is 9.72 Å². The Labute approximate surface area is 163 Å². The Morgan fingerprint density at radius 2 is 2.04 bits per heavy atom. The Hall–Kier alpha value is -2.93. The molecule has 0 saturated heterocycles. The molecule has 3 aromatic rings. The lowest BCUT2D eigenvalue weighted by Gasteiger charge is -2.10. The van der Waals surface area contributed by atoms with Gasteiger partial charge in [0.05, 0.1) is 18.0 Å². The number of rotatable bonds is 4. The van der Waals surface area contributed by atoms with Crippen LogP contribution >= 0.6 is 11.6 Å². The van der Waals surface area contributed by atoms with Crippen LogP contribution in [0.2, 0.25) is 5.02 Å². The van der Waals surface area contributed by atoms with Crippen molar-refractivity contribution >= 4 is 34.2 Å². The third kappa shape index (κ3) is 3.33. The average Bonchev–Trinajstić information content (AvgIpc) is 3.04. The van der Waals surface area contributed by atoms with E-state index >= 15 is 0 Å². The van der Waals surface area contributed by atoms with Crippen LogP contribution < -0.4 is 15.0 Å². The van der Waals surface area contributed by atoms with Gasteiger partial charge in [0.1, 0.15) is 5.82 Å². The molecule has 1 aromatic heterocycles. The zero-order chi connectivity index (χ0) is 19.8. The molecule has 0 atom stereocenters. The molecule has 4 rings (SSSR count). The predicted octanol–water partition coefficient (Wildman–Crippen LogP) is 4.60. The highest BCUT2D eigenvalue weighted by molar-refractivity contribution is 6.31. The molecule has 0 spiro atoms. The molecule has 8 heteroatoms. The summed E-state index contributed by atoms with van der Waals surface area (Å²) in [6, 6.07) is 9.73. The second kappa shape index (κ2) is 7.24. The van der Waals surface area contributed by atoms with Crippen molar-refractivity contribution in [2.45, 2.75) is 19.6 Å². The van der Waals surface area contributed by atoms with Gasteiger partial charge < -0.3 is 9.47 Å². The Morgan fingerprint density at radius 3 is 2.79 bits per heavy atom. The van der Waals surface area contributed by atoms with Gasteiger partial charge in [0, 0.05) is 11.6 Å². The SMILES string of the molecule is COc1ccc(/C=C2\CCn3c2nc2cc(Cl)ccc2c3=O)cc1OC(F)F. The molecule has 28 heavy (non-hydrogen) atoms. The maximum atomic E-state index is 12.7. The third-order valence-corrected chi connectivity index (χ3v) is 4.79. The molecule has 0 amide bonds. The Bertz CT molecular complexity index is 1160. The Morgan fingerprint density at radius 1 is 1.21 bits per heavy atom. The van der Waals surface area contributed by atoms with Crippen molar-refractivity contribution in [2.24, 2.45) is 0 Å². The van der Waals surface area contributed by atoms with Gasteiger partial charge in [-0.3, -0.25) is 9.36 Å². The van der Waals surface area contributed by atoms with E-state index in [0.29, 0.717) is 40.3 Å². The second-order valence-corrected chi connectivity index (χ2v) is 6.70. The average molecular weight is 405 g/mol. The van der Waals surface area contributed by atoms with E-state index in [1.807, 2.05) is 0 Å². The Kier molecular flexibility index (Phi) is 4.77. The molecule has 1 aliphatic rings. The molecule has 0 aliphatic carbocycles. The minimum absolute atomic E-state index is 0.0551. The number of methoxy groups -OCH3 is 1. The van der Waals surface area contributed by atoms with Crippen LogP contribution in [0.1, 0.15) is 17.8 Å². The predicted molar refractivity (Wildman–Crippen MR) is 103 cm³/mol. The number of allylic oxidation sites excluding steroid dienone is 1. The molecule has 0 radical (unpaired) electrons. The van der Waals surface area contributed by atoms with Crippen molar-refractivity contribution in [1.82, 2.24) is 9.55 Å². The maximum Gasteiger partial charge on any atom is 0.387 e. The van der Waals surface area contributed by atoms with E-state index in [4.69, 9.17) is 16.3 Å². The van der Waals surface area contributed by atoms with Crippen LogP contribution in [0.25, 0.3) is 22.6 Å². The fraction of sp³-hybridized carbons (Fsp3) is 0.200. The minimum atomic E-state index is -2.96. The summed E-state index contributed by atoms with van der Waals surface area (Å²) < 4.78 is 36.5. The van der Waals surface area contributed by atoms with Gasteiger partial charge in [0.2, 0.25) is 0 Å². The highest BCUT2D eigenvalue weighted by atomic mass is 35.5. The monoisotopic (exact) mass is 404 g/mol. The molecule has 0 saturated carbocycles. The van der Waals surface area contributed by atoms with Gasteiger partial charge in [-0.2, -0.15) is 8.78 Å². The number of benzene rings is 2. The van der Waals surface area contributed by atoms with Crippen LogP contribution in [0.4, 0.5) is 8.78 Å². The summed E-state index contributed by atoms with van der Waals surface area (Å²) in [5, 5.41) is 1.00. The number of fused-ring (bicyclic) bond motifs is 2. The number of aromatic nitrogens is 2. The fourth-order valence-electron chi connectivity index (χ4n) is 3.30.